The van der Waals surface area contributed by atoms with Crippen LogP contribution in [0.15, 0.2) is 42.5 Å². The average molecular weight is 505 g/mol. The molecule has 7 heteroatoms. The summed E-state index contributed by atoms with van der Waals surface area (Å²) in [7, 11) is 0. The Balaban J connectivity index is 1.36. The molecule has 0 saturated heterocycles. The number of aliphatic carboxylic acids is 1. The third-order valence-electron chi connectivity index (χ3n) is 7.16. The summed E-state index contributed by atoms with van der Waals surface area (Å²) in [6.07, 6.45) is 4.71. The van der Waals surface area contributed by atoms with Gasteiger partial charge in [0.25, 0.3) is 0 Å². The fourth-order valence-corrected chi connectivity index (χ4v) is 5.06. The first-order chi connectivity index (χ1) is 17.7. The molecule has 2 aromatic rings. The van der Waals surface area contributed by atoms with Crippen LogP contribution in [0.4, 0.5) is 0 Å². The number of carboxylic acids is 1. The van der Waals surface area contributed by atoms with Crippen molar-refractivity contribution in [2.24, 2.45) is 11.8 Å². The van der Waals surface area contributed by atoms with E-state index in [9.17, 15) is 14.9 Å². The van der Waals surface area contributed by atoms with Crippen LogP contribution in [-0.4, -0.2) is 41.8 Å². The standard InChI is InChI=1S/C30H36N2O5/c1-30(2,16-21-13-23-5-3-4-6-24(23)14-21)32-18-26(37-29(35)22-10-11-22)19-36-27-15-20(8-12-28(33)34)7-9-25(27)17-31/h3-7,9,15,21-22,26,32H,8,10-14,16,18-19H2,1-2H3,(H,33,34)/t26-/m1/s1. The first-order valence-corrected chi connectivity index (χ1v) is 13.1. The molecular weight excluding hydrogens is 468 g/mol. The Bertz CT molecular complexity index is 1140. The topological polar surface area (TPSA) is 109 Å². The van der Waals surface area contributed by atoms with Crippen molar-refractivity contribution < 1.29 is 24.2 Å². The molecule has 0 spiro atoms. The van der Waals surface area contributed by atoms with Crippen molar-refractivity contribution in [3.05, 3.63) is 64.7 Å². The first-order valence-electron chi connectivity index (χ1n) is 13.1. The number of rotatable bonds is 13. The van der Waals surface area contributed by atoms with Crippen LogP contribution >= 0.6 is 0 Å². The molecule has 1 saturated carbocycles. The molecule has 37 heavy (non-hydrogen) atoms. The fourth-order valence-electron chi connectivity index (χ4n) is 5.06. The Morgan fingerprint density at radius 3 is 2.49 bits per heavy atom. The number of aryl methyl sites for hydroxylation is 1. The monoisotopic (exact) mass is 504 g/mol. The maximum atomic E-state index is 12.5. The molecule has 0 radical (unpaired) electrons. The van der Waals surface area contributed by atoms with Crippen LogP contribution in [0.3, 0.4) is 0 Å². The average Bonchev–Trinajstić information content (AvgIpc) is 3.64. The van der Waals surface area contributed by atoms with Crippen molar-refractivity contribution in [3.8, 4) is 11.8 Å². The minimum absolute atomic E-state index is 0.00194. The number of nitriles is 1. The van der Waals surface area contributed by atoms with Crippen molar-refractivity contribution in [3.63, 3.8) is 0 Å². The minimum atomic E-state index is -0.881. The van der Waals surface area contributed by atoms with Gasteiger partial charge in [0.15, 0.2) is 0 Å². The lowest BCUT2D eigenvalue weighted by Gasteiger charge is -2.31. The molecule has 2 aromatic carbocycles. The van der Waals surface area contributed by atoms with Gasteiger partial charge in [-0.1, -0.05) is 30.3 Å². The molecular formula is C30H36N2O5. The molecule has 0 unspecified atom stereocenters. The highest BCUT2D eigenvalue weighted by atomic mass is 16.6. The molecule has 4 rings (SSSR count). The Labute approximate surface area is 218 Å². The molecule has 0 heterocycles. The zero-order chi connectivity index (χ0) is 26.4. The number of nitrogens with one attached hydrogen (secondary N) is 1. The molecule has 0 aromatic heterocycles. The number of fused-ring (bicyclic) bond motifs is 1. The quantitative estimate of drug-likeness (QED) is 0.388. The molecule has 2 N–H and O–H groups in total. The minimum Gasteiger partial charge on any atom is -0.488 e. The first kappa shape index (κ1) is 26.7. The van der Waals surface area contributed by atoms with E-state index in [2.05, 4.69) is 49.5 Å². The van der Waals surface area contributed by atoms with Gasteiger partial charge in [-0.2, -0.15) is 5.26 Å². The fraction of sp³-hybridized carbons (Fsp3) is 0.500. The molecule has 1 atom stereocenters. The van der Waals surface area contributed by atoms with Crippen LogP contribution in [0.2, 0.25) is 0 Å². The van der Waals surface area contributed by atoms with E-state index in [1.165, 1.54) is 11.1 Å². The number of ether oxygens (including phenoxy) is 2. The summed E-state index contributed by atoms with van der Waals surface area (Å²) < 4.78 is 11.8. The highest BCUT2D eigenvalue weighted by Gasteiger charge is 2.34. The molecule has 0 aliphatic heterocycles. The lowest BCUT2D eigenvalue weighted by Crippen LogP contribution is -2.47. The summed E-state index contributed by atoms with van der Waals surface area (Å²) in [5.74, 6) is -0.165. The molecule has 2 aliphatic rings. The van der Waals surface area contributed by atoms with Crippen LogP contribution in [-0.2, 0) is 33.6 Å². The van der Waals surface area contributed by atoms with Gasteiger partial charge in [0, 0.05) is 18.5 Å². The number of carbonyl (C=O) groups excluding carboxylic acids is 1. The number of hydrogen-bond donors (Lipinski definition) is 2. The predicted molar refractivity (Wildman–Crippen MR) is 139 cm³/mol. The summed E-state index contributed by atoms with van der Waals surface area (Å²) in [6.45, 7) is 4.89. The van der Waals surface area contributed by atoms with Gasteiger partial charge in [0.2, 0.25) is 0 Å². The van der Waals surface area contributed by atoms with Gasteiger partial charge in [-0.3, -0.25) is 9.59 Å². The second-order valence-corrected chi connectivity index (χ2v) is 11.0. The largest absolute Gasteiger partial charge is 0.488 e. The molecule has 196 valence electrons. The van der Waals surface area contributed by atoms with Crippen LogP contribution in [0, 0.1) is 23.2 Å². The van der Waals surface area contributed by atoms with Crippen molar-refractivity contribution in [2.45, 2.75) is 70.4 Å². The summed E-state index contributed by atoms with van der Waals surface area (Å²) in [5.41, 5.74) is 3.85. The molecule has 7 nitrogen and oxygen atoms in total. The van der Waals surface area contributed by atoms with E-state index in [1.54, 1.807) is 18.2 Å². The molecule has 0 bridgehead atoms. The predicted octanol–water partition coefficient (Wildman–Crippen LogP) is 4.45. The molecule has 0 amide bonds. The van der Waals surface area contributed by atoms with Crippen LogP contribution in [0.1, 0.15) is 61.8 Å². The highest BCUT2D eigenvalue weighted by molar-refractivity contribution is 5.75. The molecule has 2 aliphatic carbocycles. The normalized spacial score (nSPS) is 16.0. The Morgan fingerprint density at radius 1 is 1.16 bits per heavy atom. The lowest BCUT2D eigenvalue weighted by molar-refractivity contribution is -0.152. The molecule has 1 fully saturated rings. The van der Waals surface area contributed by atoms with Gasteiger partial charge in [0.05, 0.1) is 11.5 Å². The van der Waals surface area contributed by atoms with Gasteiger partial charge in [-0.15, -0.1) is 0 Å². The third kappa shape index (κ3) is 7.80. The number of carboxylic acid groups (broad SMARTS) is 1. The van der Waals surface area contributed by atoms with Crippen molar-refractivity contribution in [1.29, 1.82) is 5.26 Å². The number of hydrogen-bond acceptors (Lipinski definition) is 6. The number of nitrogens with zero attached hydrogens (tertiary/aromatic N) is 1. The number of benzene rings is 2. The van der Waals surface area contributed by atoms with E-state index in [0.29, 0.717) is 30.2 Å². The van der Waals surface area contributed by atoms with Crippen molar-refractivity contribution >= 4 is 11.9 Å². The third-order valence-corrected chi connectivity index (χ3v) is 7.16. The Morgan fingerprint density at radius 2 is 1.86 bits per heavy atom. The zero-order valence-electron chi connectivity index (χ0n) is 21.7. The van der Waals surface area contributed by atoms with Gasteiger partial charge in [-0.25, -0.2) is 0 Å². The Hall–Kier alpha value is -3.37. The van der Waals surface area contributed by atoms with E-state index in [1.807, 2.05) is 0 Å². The smallest absolute Gasteiger partial charge is 0.309 e. The zero-order valence-corrected chi connectivity index (χ0v) is 21.7. The van der Waals surface area contributed by atoms with Gasteiger partial charge < -0.3 is 19.9 Å². The van der Waals surface area contributed by atoms with Crippen molar-refractivity contribution in [2.75, 3.05) is 13.2 Å². The second-order valence-electron chi connectivity index (χ2n) is 11.0. The Kier molecular flexibility index (Phi) is 8.50. The highest BCUT2D eigenvalue weighted by Crippen LogP contribution is 2.33. The summed E-state index contributed by atoms with van der Waals surface area (Å²) >= 11 is 0. The van der Waals surface area contributed by atoms with Gasteiger partial charge in [0.1, 0.15) is 24.5 Å². The SMILES string of the molecule is CC(C)(CC1Cc2ccccc2C1)NC[C@H](COc1cc(CCC(=O)O)ccc1C#N)OC(=O)C1CC1. The van der Waals surface area contributed by atoms with E-state index in [-0.39, 0.29) is 30.5 Å². The van der Waals surface area contributed by atoms with E-state index >= 15 is 0 Å². The van der Waals surface area contributed by atoms with Crippen LogP contribution in [0.5, 0.6) is 5.75 Å². The van der Waals surface area contributed by atoms with E-state index in [0.717, 1.165) is 37.7 Å². The van der Waals surface area contributed by atoms with Crippen LogP contribution in [0.25, 0.3) is 0 Å². The summed E-state index contributed by atoms with van der Waals surface area (Å²) in [6, 6.07) is 15.8. The van der Waals surface area contributed by atoms with E-state index in [4.69, 9.17) is 14.6 Å². The van der Waals surface area contributed by atoms with Gasteiger partial charge in [-0.05, 0) is 87.1 Å². The lowest BCUT2D eigenvalue weighted by atomic mass is 9.88. The number of carbonyl (C=O) groups is 2. The maximum absolute atomic E-state index is 12.5. The van der Waals surface area contributed by atoms with E-state index < -0.39 is 12.1 Å². The van der Waals surface area contributed by atoms with Crippen LogP contribution < -0.4 is 10.1 Å². The second kappa shape index (κ2) is 11.8. The summed E-state index contributed by atoms with van der Waals surface area (Å²) in [4.78, 5) is 23.4. The maximum Gasteiger partial charge on any atom is 0.309 e. The summed E-state index contributed by atoms with van der Waals surface area (Å²) in [5, 5.41) is 22.1. The van der Waals surface area contributed by atoms with Crippen molar-refractivity contribution in [1.82, 2.24) is 5.32 Å². The number of esters is 1. The van der Waals surface area contributed by atoms with Gasteiger partial charge >= 0.3 is 11.9 Å².